The topological polar surface area (TPSA) is 107 Å². The van der Waals surface area contributed by atoms with Crippen molar-refractivity contribution >= 4 is 17.6 Å². The lowest BCUT2D eigenvalue weighted by Crippen LogP contribution is -2.40. The highest BCUT2D eigenvalue weighted by atomic mass is 16.5. The van der Waals surface area contributed by atoms with E-state index in [4.69, 9.17) is 10.00 Å². The van der Waals surface area contributed by atoms with Gasteiger partial charge in [-0.25, -0.2) is 4.98 Å². The first-order valence-corrected chi connectivity index (χ1v) is 12.5. The number of benzene rings is 2. The number of aromatic nitrogens is 1. The fourth-order valence-electron chi connectivity index (χ4n) is 4.32. The van der Waals surface area contributed by atoms with E-state index in [1.54, 1.807) is 37.4 Å². The molecule has 8 heteroatoms. The number of nitriles is 1. The van der Waals surface area contributed by atoms with Crippen LogP contribution in [0.25, 0.3) is 0 Å². The first kappa shape index (κ1) is 25.9. The summed E-state index contributed by atoms with van der Waals surface area (Å²) in [6.45, 7) is 3.56. The van der Waals surface area contributed by atoms with Crippen LogP contribution in [0.5, 0.6) is 5.75 Å². The van der Waals surface area contributed by atoms with Gasteiger partial charge in [0.05, 0.1) is 17.8 Å². The Hall–Kier alpha value is -4.22. The molecule has 0 aliphatic carbocycles. The van der Waals surface area contributed by atoms with Gasteiger partial charge in [-0.2, -0.15) is 5.26 Å². The van der Waals surface area contributed by atoms with Crippen LogP contribution in [0.4, 0.5) is 5.82 Å². The summed E-state index contributed by atoms with van der Waals surface area (Å²) in [4.78, 5) is 30.9. The van der Waals surface area contributed by atoms with Crippen molar-refractivity contribution in [1.29, 1.82) is 5.26 Å². The Morgan fingerprint density at radius 1 is 1.08 bits per heavy atom. The summed E-state index contributed by atoms with van der Waals surface area (Å²) in [5.41, 5.74) is 2.57. The molecule has 0 radical (unpaired) electrons. The summed E-state index contributed by atoms with van der Waals surface area (Å²) in [5, 5.41) is 15.2. The first-order chi connectivity index (χ1) is 18.0. The summed E-state index contributed by atoms with van der Waals surface area (Å²) in [6.07, 6.45) is 3.94. The van der Waals surface area contributed by atoms with Crippen LogP contribution in [0.3, 0.4) is 0 Å². The number of hydrogen-bond donors (Lipinski definition) is 2. The molecule has 1 aliphatic heterocycles. The number of carbonyl (C=O) groups is 2. The molecule has 2 aromatic carbocycles. The number of hydrogen-bond acceptors (Lipinski definition) is 6. The van der Waals surface area contributed by atoms with Crippen LogP contribution in [-0.4, -0.2) is 47.4 Å². The Balaban J connectivity index is 1.33. The lowest BCUT2D eigenvalue weighted by Gasteiger charge is -2.31. The van der Waals surface area contributed by atoms with Crippen LogP contribution in [0.1, 0.15) is 42.5 Å². The molecule has 190 valence electrons. The molecule has 0 unspecified atom stereocenters. The quantitative estimate of drug-likeness (QED) is 0.465. The number of ether oxygens (including phenoxy) is 1. The van der Waals surface area contributed by atoms with Crippen LogP contribution in [-0.2, 0) is 16.0 Å². The van der Waals surface area contributed by atoms with E-state index in [1.165, 1.54) is 0 Å². The van der Waals surface area contributed by atoms with Crippen LogP contribution < -0.4 is 15.4 Å². The second-order valence-electron chi connectivity index (χ2n) is 9.05. The first-order valence-electron chi connectivity index (χ1n) is 12.5. The highest BCUT2D eigenvalue weighted by molar-refractivity contribution is 5.94. The predicted molar refractivity (Wildman–Crippen MR) is 141 cm³/mol. The SMILES string of the molecule is CC(=O)N1CCC(Oc2ccc(NC(=O)[C@H](NCCc3ccc(C#N)cc3)c3ccccc3)nc2)CC1. The van der Waals surface area contributed by atoms with Crippen LogP contribution in [0.2, 0.25) is 0 Å². The number of rotatable bonds is 9. The molecule has 37 heavy (non-hydrogen) atoms. The molecule has 1 saturated heterocycles. The molecule has 3 aromatic rings. The Labute approximate surface area is 217 Å². The average Bonchev–Trinajstić information content (AvgIpc) is 2.93. The van der Waals surface area contributed by atoms with Gasteiger partial charge in [-0.3, -0.25) is 9.59 Å². The van der Waals surface area contributed by atoms with E-state index in [0.717, 1.165) is 30.4 Å². The fraction of sp³-hybridized carbons (Fsp3) is 0.310. The second kappa shape index (κ2) is 12.7. The molecule has 2 heterocycles. The van der Waals surface area contributed by atoms with E-state index in [-0.39, 0.29) is 17.9 Å². The maximum atomic E-state index is 13.2. The van der Waals surface area contributed by atoms with Gasteiger partial charge in [-0.1, -0.05) is 42.5 Å². The molecule has 1 aromatic heterocycles. The van der Waals surface area contributed by atoms with Crippen LogP contribution in [0, 0.1) is 11.3 Å². The third kappa shape index (κ3) is 7.38. The van der Waals surface area contributed by atoms with Crippen molar-refractivity contribution in [3.8, 4) is 11.8 Å². The van der Waals surface area contributed by atoms with E-state index in [9.17, 15) is 9.59 Å². The van der Waals surface area contributed by atoms with Gasteiger partial charge in [-0.15, -0.1) is 0 Å². The van der Waals surface area contributed by atoms with Gasteiger partial charge in [0.15, 0.2) is 0 Å². The minimum atomic E-state index is -0.552. The minimum Gasteiger partial charge on any atom is -0.489 e. The molecule has 2 amide bonds. The van der Waals surface area contributed by atoms with Gasteiger partial charge in [0.1, 0.15) is 23.7 Å². The Morgan fingerprint density at radius 2 is 1.81 bits per heavy atom. The lowest BCUT2D eigenvalue weighted by molar-refractivity contribution is -0.130. The number of nitrogens with zero attached hydrogens (tertiary/aromatic N) is 3. The second-order valence-corrected chi connectivity index (χ2v) is 9.05. The third-order valence-corrected chi connectivity index (χ3v) is 6.42. The third-order valence-electron chi connectivity index (χ3n) is 6.42. The molecular formula is C29H31N5O3. The fourth-order valence-corrected chi connectivity index (χ4v) is 4.32. The summed E-state index contributed by atoms with van der Waals surface area (Å²) < 4.78 is 6.03. The molecule has 0 bridgehead atoms. The molecule has 8 nitrogen and oxygen atoms in total. The Morgan fingerprint density at radius 3 is 2.43 bits per heavy atom. The Kier molecular flexibility index (Phi) is 8.84. The molecule has 0 spiro atoms. The number of amides is 2. The molecular weight excluding hydrogens is 466 g/mol. The highest BCUT2D eigenvalue weighted by Crippen LogP contribution is 2.21. The smallest absolute Gasteiger partial charge is 0.247 e. The molecule has 0 saturated carbocycles. The zero-order valence-electron chi connectivity index (χ0n) is 20.9. The maximum Gasteiger partial charge on any atom is 0.247 e. The monoisotopic (exact) mass is 497 g/mol. The zero-order chi connectivity index (χ0) is 26.0. The van der Waals surface area contributed by atoms with Crippen LogP contribution in [0.15, 0.2) is 72.9 Å². The maximum absolute atomic E-state index is 13.2. The number of likely N-dealkylation sites (tertiary alicyclic amines) is 1. The number of pyridine rings is 1. The van der Waals surface area contributed by atoms with Crippen molar-refractivity contribution < 1.29 is 14.3 Å². The normalized spacial score (nSPS) is 14.4. The van der Waals surface area contributed by atoms with Crippen LogP contribution >= 0.6 is 0 Å². The van der Waals surface area contributed by atoms with Gasteiger partial charge in [0.25, 0.3) is 0 Å². The average molecular weight is 498 g/mol. The van der Waals surface area contributed by atoms with E-state index in [0.29, 0.717) is 36.8 Å². The number of piperidine rings is 1. The van der Waals surface area contributed by atoms with Crippen molar-refractivity contribution in [3.63, 3.8) is 0 Å². The predicted octanol–water partition coefficient (Wildman–Crippen LogP) is 3.86. The summed E-state index contributed by atoms with van der Waals surface area (Å²) in [6, 6.07) is 22.1. The molecule has 4 rings (SSSR count). The summed E-state index contributed by atoms with van der Waals surface area (Å²) in [7, 11) is 0. The molecule has 1 fully saturated rings. The van der Waals surface area contributed by atoms with E-state index in [1.807, 2.05) is 47.4 Å². The molecule has 2 N–H and O–H groups in total. The van der Waals surface area contributed by atoms with Crippen molar-refractivity contribution in [2.75, 3.05) is 25.0 Å². The summed E-state index contributed by atoms with van der Waals surface area (Å²) >= 11 is 0. The lowest BCUT2D eigenvalue weighted by atomic mass is 10.1. The number of carbonyl (C=O) groups excluding carboxylic acids is 2. The number of nitrogens with one attached hydrogen (secondary N) is 2. The van der Waals surface area contributed by atoms with Crippen molar-refractivity contribution in [2.45, 2.75) is 38.3 Å². The molecule has 1 aliphatic rings. The summed E-state index contributed by atoms with van der Waals surface area (Å²) in [5.74, 6) is 0.972. The van der Waals surface area contributed by atoms with E-state index in [2.05, 4.69) is 21.7 Å². The minimum absolute atomic E-state index is 0.0422. The molecule has 1 atom stereocenters. The van der Waals surface area contributed by atoms with Gasteiger partial charge in [0.2, 0.25) is 11.8 Å². The van der Waals surface area contributed by atoms with Gasteiger partial charge in [0, 0.05) is 39.4 Å². The van der Waals surface area contributed by atoms with E-state index < -0.39 is 6.04 Å². The van der Waals surface area contributed by atoms with Crippen molar-refractivity contribution in [2.24, 2.45) is 0 Å². The Bertz CT molecular complexity index is 1220. The van der Waals surface area contributed by atoms with E-state index >= 15 is 0 Å². The number of anilines is 1. The van der Waals surface area contributed by atoms with Crippen molar-refractivity contribution in [3.05, 3.63) is 89.6 Å². The van der Waals surface area contributed by atoms with Gasteiger partial charge in [-0.05, 0) is 41.8 Å². The highest BCUT2D eigenvalue weighted by Gasteiger charge is 2.23. The zero-order valence-corrected chi connectivity index (χ0v) is 20.9. The standard InChI is InChI=1S/C29H31N5O3/c1-21(35)34-17-14-25(15-18-34)37-26-11-12-27(32-20-26)33-29(36)28(24-5-3-2-4-6-24)31-16-13-22-7-9-23(19-30)10-8-22/h2-12,20,25,28,31H,13-18H2,1H3,(H,32,33,36)/t28-/m1/s1. The van der Waals surface area contributed by atoms with Crippen molar-refractivity contribution in [1.82, 2.24) is 15.2 Å². The van der Waals surface area contributed by atoms with Gasteiger partial charge >= 0.3 is 0 Å². The largest absolute Gasteiger partial charge is 0.489 e. The van der Waals surface area contributed by atoms with Gasteiger partial charge < -0.3 is 20.3 Å².